The summed E-state index contributed by atoms with van der Waals surface area (Å²) in [6.07, 6.45) is 6.52. The van der Waals surface area contributed by atoms with E-state index < -0.39 is 41.5 Å². The first-order valence-corrected chi connectivity index (χ1v) is 15.0. The van der Waals surface area contributed by atoms with Gasteiger partial charge in [-0.2, -0.15) is 0 Å². The lowest BCUT2D eigenvalue weighted by molar-refractivity contribution is -0.136. The normalized spacial score (nSPS) is 21.7. The summed E-state index contributed by atoms with van der Waals surface area (Å²) in [6, 6.07) is 10.1. The number of Topliss-reactive ketones (excluding diaryl/α,β-unsaturated/α-hetero) is 1. The van der Waals surface area contributed by atoms with E-state index >= 15 is 0 Å². The number of anilines is 1. The van der Waals surface area contributed by atoms with Crippen molar-refractivity contribution in [2.24, 2.45) is 23.5 Å². The van der Waals surface area contributed by atoms with Crippen molar-refractivity contribution in [2.45, 2.75) is 70.5 Å². The maximum atomic E-state index is 13.3. The number of nitrogens with two attached hydrogens (primary N) is 1. The number of aromatic nitrogens is 1. The van der Waals surface area contributed by atoms with Gasteiger partial charge in [0.2, 0.25) is 17.6 Å². The number of hydrogen-bond acceptors (Lipinski definition) is 7. The van der Waals surface area contributed by atoms with Gasteiger partial charge in [-0.05, 0) is 67.7 Å². The van der Waals surface area contributed by atoms with Crippen LogP contribution in [0.4, 0.5) is 5.69 Å². The molecule has 44 heavy (non-hydrogen) atoms. The highest BCUT2D eigenvalue weighted by atomic mass is 16.3. The van der Waals surface area contributed by atoms with Crippen molar-refractivity contribution in [1.82, 2.24) is 15.2 Å². The van der Waals surface area contributed by atoms with Crippen molar-refractivity contribution in [2.75, 3.05) is 5.32 Å². The molecule has 4 amide bonds. The zero-order chi connectivity index (χ0) is 31.4. The molecule has 2 saturated carbocycles. The number of para-hydroxylation sites is 1. The Morgan fingerprint density at radius 2 is 1.86 bits per heavy atom. The molecule has 2 aromatic heterocycles. The number of ketones is 1. The van der Waals surface area contributed by atoms with Gasteiger partial charge in [-0.15, -0.1) is 0 Å². The van der Waals surface area contributed by atoms with Gasteiger partial charge in [0.05, 0.1) is 0 Å². The Labute approximate surface area is 253 Å². The van der Waals surface area contributed by atoms with E-state index in [-0.39, 0.29) is 36.4 Å². The predicted molar refractivity (Wildman–Crippen MR) is 161 cm³/mol. The first-order valence-electron chi connectivity index (χ1n) is 15.0. The van der Waals surface area contributed by atoms with Crippen molar-refractivity contribution in [1.29, 1.82) is 0 Å². The number of primary amides is 1. The van der Waals surface area contributed by atoms with Gasteiger partial charge in [0, 0.05) is 24.0 Å². The molecule has 5 rings (SSSR count). The first-order chi connectivity index (χ1) is 21.1. The summed E-state index contributed by atoms with van der Waals surface area (Å²) in [7, 11) is 0. The Hall–Kier alpha value is -4.74. The van der Waals surface area contributed by atoms with E-state index in [1.54, 1.807) is 24.3 Å². The molecule has 2 fully saturated rings. The van der Waals surface area contributed by atoms with Crippen LogP contribution in [0.2, 0.25) is 0 Å². The molecule has 5 unspecified atom stereocenters. The number of pyridine rings is 1. The topological polar surface area (TPSA) is 183 Å². The van der Waals surface area contributed by atoms with E-state index in [9.17, 15) is 28.8 Å². The second kappa shape index (κ2) is 13.3. The summed E-state index contributed by atoms with van der Waals surface area (Å²) in [4.78, 5) is 75.7. The van der Waals surface area contributed by atoms with E-state index in [0.717, 1.165) is 25.2 Å². The van der Waals surface area contributed by atoms with Gasteiger partial charge >= 0.3 is 0 Å². The molecule has 5 atom stereocenters. The Balaban J connectivity index is 1.27. The summed E-state index contributed by atoms with van der Waals surface area (Å²) in [5, 5.41) is 8.85. The molecule has 2 aliphatic rings. The first kappa shape index (κ1) is 30.7. The van der Waals surface area contributed by atoms with Crippen LogP contribution < -0.4 is 27.2 Å². The fourth-order valence-electron chi connectivity index (χ4n) is 6.62. The maximum Gasteiger partial charge on any atom is 0.287 e. The molecular formula is C32H37N5O7. The molecule has 0 spiro atoms. The minimum absolute atomic E-state index is 0.0608. The van der Waals surface area contributed by atoms with Crippen molar-refractivity contribution in [3.63, 3.8) is 0 Å². The van der Waals surface area contributed by atoms with Gasteiger partial charge in [0.1, 0.15) is 23.9 Å². The van der Waals surface area contributed by atoms with Crippen LogP contribution in [0.1, 0.15) is 62.4 Å². The number of fused-ring (bicyclic) bond motifs is 3. The quantitative estimate of drug-likeness (QED) is 0.243. The third-order valence-corrected chi connectivity index (χ3v) is 8.78. The van der Waals surface area contributed by atoms with Crippen LogP contribution in [0, 0.1) is 17.8 Å². The molecule has 0 saturated heterocycles. The highest BCUT2D eigenvalue weighted by molar-refractivity contribution is 6.35. The van der Waals surface area contributed by atoms with Crippen LogP contribution in [0.15, 0.2) is 57.9 Å². The summed E-state index contributed by atoms with van der Waals surface area (Å²) >= 11 is 0. The van der Waals surface area contributed by atoms with E-state index in [4.69, 9.17) is 10.2 Å². The van der Waals surface area contributed by atoms with Crippen LogP contribution in [0.3, 0.4) is 0 Å². The molecule has 0 aliphatic heterocycles. The fraction of sp³-hybridized carbons (Fsp3) is 0.438. The van der Waals surface area contributed by atoms with Gasteiger partial charge in [-0.1, -0.05) is 38.0 Å². The molecule has 12 nitrogen and oxygen atoms in total. The molecule has 5 N–H and O–H groups in total. The summed E-state index contributed by atoms with van der Waals surface area (Å²) in [6.45, 7) is 1.94. The fourth-order valence-corrected chi connectivity index (χ4v) is 6.62. The van der Waals surface area contributed by atoms with E-state index in [0.29, 0.717) is 22.8 Å². The molecule has 1 aromatic carbocycles. The molecule has 2 heterocycles. The molecule has 0 radical (unpaired) electrons. The molecule has 232 valence electrons. The van der Waals surface area contributed by atoms with E-state index in [2.05, 4.69) is 22.9 Å². The zero-order valence-electron chi connectivity index (χ0n) is 24.5. The number of hydrogen-bond donors (Lipinski definition) is 4. The SMILES string of the molecule is CC1CC2CCCC(C2)C1NC(=O)Cn1cccc(NC(=O)C(CCC(=O)C(N)=O)NC(=O)c2cc3ccccc3o2)c1=O. The smallest absolute Gasteiger partial charge is 0.287 e. The zero-order valence-corrected chi connectivity index (χ0v) is 24.5. The predicted octanol–water partition coefficient (Wildman–Crippen LogP) is 2.50. The van der Waals surface area contributed by atoms with Gasteiger partial charge in [-0.3, -0.25) is 28.8 Å². The van der Waals surface area contributed by atoms with Crippen LogP contribution in [0.25, 0.3) is 11.0 Å². The second-order valence-corrected chi connectivity index (χ2v) is 11.9. The third-order valence-electron chi connectivity index (χ3n) is 8.78. The maximum absolute atomic E-state index is 13.3. The Bertz CT molecular complexity index is 1610. The highest BCUT2D eigenvalue weighted by Gasteiger charge is 2.38. The molecule has 2 aliphatic carbocycles. The van der Waals surface area contributed by atoms with Gasteiger partial charge in [0.15, 0.2) is 5.76 Å². The van der Waals surface area contributed by atoms with Crippen molar-refractivity contribution in [3.8, 4) is 0 Å². The second-order valence-electron chi connectivity index (χ2n) is 11.9. The molecule has 2 bridgehead atoms. The van der Waals surface area contributed by atoms with Crippen molar-refractivity contribution < 1.29 is 28.4 Å². The number of carbonyl (C=O) groups excluding carboxylic acids is 5. The van der Waals surface area contributed by atoms with Gasteiger partial charge < -0.3 is 30.7 Å². The lowest BCUT2D eigenvalue weighted by Crippen LogP contribution is -2.50. The average Bonchev–Trinajstić information content (AvgIpc) is 3.44. The Morgan fingerprint density at radius 3 is 2.64 bits per heavy atom. The van der Waals surface area contributed by atoms with Crippen LogP contribution in [-0.2, 0) is 25.7 Å². The summed E-state index contributed by atoms with van der Waals surface area (Å²) < 4.78 is 6.78. The Kier molecular flexibility index (Phi) is 9.26. The standard InChI is InChI=1S/C32H37N5O7/c1-18-14-19-6-4-8-21(15-19)28(18)36-27(39)17-37-13-5-9-23(32(37)43)35-30(41)22(11-12-24(38)29(33)40)34-31(42)26-16-20-7-2-3-10-25(20)44-26/h2-3,5,7,9-10,13,16,18-19,21-22,28H,4,6,8,11-12,14-15,17H2,1H3,(H2,33,40)(H,34,42)(H,35,41)(H,36,39). The number of benzene rings is 1. The summed E-state index contributed by atoms with van der Waals surface area (Å²) in [5.74, 6) is -2.42. The number of rotatable bonds is 11. The minimum Gasteiger partial charge on any atom is -0.451 e. The van der Waals surface area contributed by atoms with Crippen LogP contribution >= 0.6 is 0 Å². The Morgan fingerprint density at radius 1 is 1.07 bits per heavy atom. The number of furan rings is 1. The number of carbonyl (C=O) groups is 5. The lowest BCUT2D eigenvalue weighted by Gasteiger charge is -2.44. The largest absolute Gasteiger partial charge is 0.451 e. The lowest BCUT2D eigenvalue weighted by atomic mass is 9.65. The highest BCUT2D eigenvalue weighted by Crippen LogP contribution is 2.42. The molecular weight excluding hydrogens is 566 g/mol. The van der Waals surface area contributed by atoms with Gasteiger partial charge in [0.25, 0.3) is 17.4 Å². The van der Waals surface area contributed by atoms with Crippen molar-refractivity contribution >= 4 is 46.1 Å². The van der Waals surface area contributed by atoms with Gasteiger partial charge in [-0.25, -0.2) is 0 Å². The number of nitrogens with one attached hydrogen (secondary N) is 3. The monoisotopic (exact) mass is 603 g/mol. The van der Waals surface area contributed by atoms with E-state index in [1.165, 1.54) is 41.8 Å². The summed E-state index contributed by atoms with van der Waals surface area (Å²) in [5.41, 5.74) is 4.80. The van der Waals surface area contributed by atoms with Crippen molar-refractivity contribution in [3.05, 3.63) is 64.8 Å². The average molecular weight is 604 g/mol. The number of amides is 4. The van der Waals surface area contributed by atoms with E-state index in [1.807, 2.05) is 0 Å². The minimum atomic E-state index is -1.32. The van der Waals surface area contributed by atoms with Crippen LogP contribution in [-0.4, -0.2) is 46.1 Å². The number of nitrogens with zero attached hydrogens (tertiary/aromatic N) is 1. The van der Waals surface area contributed by atoms with Crippen LogP contribution in [0.5, 0.6) is 0 Å². The molecule has 12 heteroatoms. The molecule has 3 aromatic rings. The third kappa shape index (κ3) is 7.07.